The molecule has 39 heavy (non-hydrogen) atoms. The van der Waals surface area contributed by atoms with E-state index in [1.54, 1.807) is 7.11 Å². The van der Waals surface area contributed by atoms with Crippen LogP contribution >= 0.6 is 0 Å². The van der Waals surface area contributed by atoms with Gasteiger partial charge < -0.3 is 25.2 Å². The molecule has 1 atom stereocenters. The number of nitrogens with zero attached hydrogens (tertiary/aromatic N) is 6. The Balaban J connectivity index is 1.48. The molecular formula is C29H34N8O2. The first-order valence-electron chi connectivity index (χ1n) is 12.9. The summed E-state index contributed by atoms with van der Waals surface area (Å²) >= 11 is 0. The van der Waals surface area contributed by atoms with Gasteiger partial charge in [-0.3, -0.25) is 9.48 Å². The zero-order valence-corrected chi connectivity index (χ0v) is 22.8. The molecule has 10 heteroatoms. The first-order valence-corrected chi connectivity index (χ1v) is 12.9. The Morgan fingerprint density at radius 3 is 2.79 bits per heavy atom. The summed E-state index contributed by atoms with van der Waals surface area (Å²) in [4.78, 5) is 25.8. The van der Waals surface area contributed by atoms with Crippen molar-refractivity contribution in [1.82, 2.24) is 24.6 Å². The number of anilines is 4. The Bertz CT molecular complexity index is 1510. The van der Waals surface area contributed by atoms with Crippen LogP contribution in [0.1, 0.15) is 12.8 Å². The van der Waals surface area contributed by atoms with Crippen LogP contribution < -0.4 is 20.3 Å². The number of rotatable bonds is 8. The molecule has 4 aromatic rings. The van der Waals surface area contributed by atoms with E-state index in [9.17, 15) is 4.79 Å². The summed E-state index contributed by atoms with van der Waals surface area (Å²) in [5, 5.41) is 11.7. The monoisotopic (exact) mass is 526 g/mol. The maximum Gasteiger partial charge on any atom is 0.247 e. The molecule has 1 aliphatic heterocycles. The second-order valence-electron chi connectivity index (χ2n) is 9.89. The molecule has 0 aliphatic carbocycles. The zero-order valence-electron chi connectivity index (χ0n) is 22.8. The number of piperidine rings is 1. The van der Waals surface area contributed by atoms with Crippen LogP contribution in [0.3, 0.4) is 0 Å². The average molecular weight is 527 g/mol. The van der Waals surface area contributed by atoms with Crippen LogP contribution in [-0.4, -0.2) is 70.9 Å². The molecule has 1 unspecified atom stereocenters. The summed E-state index contributed by atoms with van der Waals surface area (Å²) in [6, 6.07) is 12.1. The minimum atomic E-state index is -0.281. The van der Waals surface area contributed by atoms with Gasteiger partial charge in [0.2, 0.25) is 5.91 Å². The van der Waals surface area contributed by atoms with E-state index < -0.39 is 0 Å². The molecule has 1 amide bonds. The number of hydrogen-bond donors (Lipinski definition) is 2. The molecule has 202 valence electrons. The number of ether oxygens (including phenoxy) is 1. The molecule has 1 aliphatic rings. The van der Waals surface area contributed by atoms with Gasteiger partial charge in [0, 0.05) is 49.8 Å². The predicted octanol–water partition coefficient (Wildman–Crippen LogP) is 4.44. The van der Waals surface area contributed by atoms with Crippen LogP contribution in [-0.2, 0) is 11.8 Å². The number of nitrogens with one attached hydrogen (secondary N) is 2. The molecule has 0 saturated carbocycles. The number of aromatic nitrogens is 4. The number of methoxy groups -OCH3 is 1. The van der Waals surface area contributed by atoms with Gasteiger partial charge in [-0.1, -0.05) is 18.7 Å². The molecule has 5 rings (SSSR count). The van der Waals surface area contributed by atoms with Gasteiger partial charge in [0.05, 0.1) is 41.6 Å². The standard InChI is InChI=1S/C29H34N8O2/c1-6-29(38)34-23-13-24(27(39-5)15-26(23)36(3)21-8-7-11-35(2)17-21)33-28-14-22(30-18-31-28)19-9-10-20-16-32-37(4)25(20)12-19/h6,9-10,12-16,18,21H,1,7-8,11,17H2,2-5H3,(H,34,38)(H,30,31,33). The van der Waals surface area contributed by atoms with Crippen molar-refractivity contribution in [3.8, 4) is 17.0 Å². The topological polar surface area (TPSA) is 100 Å². The van der Waals surface area contributed by atoms with Crippen molar-refractivity contribution in [3.05, 3.63) is 61.6 Å². The smallest absolute Gasteiger partial charge is 0.247 e. The van der Waals surface area contributed by atoms with E-state index in [2.05, 4.69) is 62.2 Å². The number of fused-ring (bicyclic) bond motifs is 1. The minimum Gasteiger partial charge on any atom is -0.494 e. The Labute approximate surface area is 228 Å². The van der Waals surface area contributed by atoms with E-state index in [-0.39, 0.29) is 5.91 Å². The van der Waals surface area contributed by atoms with Gasteiger partial charge in [0.15, 0.2) is 0 Å². The van der Waals surface area contributed by atoms with Crippen LogP contribution in [0.5, 0.6) is 5.75 Å². The highest BCUT2D eigenvalue weighted by molar-refractivity contribution is 6.02. The lowest BCUT2D eigenvalue weighted by Crippen LogP contribution is -2.45. The number of carbonyl (C=O) groups is 1. The van der Waals surface area contributed by atoms with Crippen molar-refractivity contribution in [2.75, 3.05) is 49.8 Å². The average Bonchev–Trinajstić information content (AvgIpc) is 3.32. The normalized spacial score (nSPS) is 15.6. The lowest BCUT2D eigenvalue weighted by Gasteiger charge is -2.38. The lowest BCUT2D eigenvalue weighted by molar-refractivity contribution is -0.111. The number of likely N-dealkylation sites (tertiary alicyclic amines) is 1. The highest BCUT2D eigenvalue weighted by Gasteiger charge is 2.25. The maximum absolute atomic E-state index is 12.4. The van der Waals surface area contributed by atoms with Gasteiger partial charge in [0.25, 0.3) is 0 Å². The summed E-state index contributed by atoms with van der Waals surface area (Å²) in [5.41, 5.74) is 4.95. The van der Waals surface area contributed by atoms with Gasteiger partial charge >= 0.3 is 0 Å². The lowest BCUT2D eigenvalue weighted by atomic mass is 10.0. The quantitative estimate of drug-likeness (QED) is 0.325. The van der Waals surface area contributed by atoms with Crippen LogP contribution in [0, 0.1) is 0 Å². The highest BCUT2D eigenvalue weighted by Crippen LogP contribution is 2.39. The van der Waals surface area contributed by atoms with Crippen molar-refractivity contribution in [2.45, 2.75) is 18.9 Å². The summed E-state index contributed by atoms with van der Waals surface area (Å²) in [7, 11) is 7.75. The first kappa shape index (κ1) is 26.2. The Morgan fingerprint density at radius 2 is 2.03 bits per heavy atom. The van der Waals surface area contributed by atoms with E-state index in [0.29, 0.717) is 29.0 Å². The molecule has 2 aromatic heterocycles. The van der Waals surface area contributed by atoms with E-state index >= 15 is 0 Å². The zero-order chi connectivity index (χ0) is 27.5. The van der Waals surface area contributed by atoms with Gasteiger partial charge in [-0.15, -0.1) is 0 Å². The number of carbonyl (C=O) groups excluding carboxylic acids is 1. The number of aryl methyl sites for hydroxylation is 1. The highest BCUT2D eigenvalue weighted by atomic mass is 16.5. The summed E-state index contributed by atoms with van der Waals surface area (Å²) in [5.74, 6) is 0.949. The Kier molecular flexibility index (Phi) is 7.47. The van der Waals surface area contributed by atoms with E-state index in [0.717, 1.165) is 53.8 Å². The minimum absolute atomic E-state index is 0.281. The fraction of sp³-hybridized carbons (Fsp3) is 0.310. The van der Waals surface area contributed by atoms with Crippen LogP contribution in [0.25, 0.3) is 22.2 Å². The summed E-state index contributed by atoms with van der Waals surface area (Å²) in [6.07, 6.45) is 6.84. The summed E-state index contributed by atoms with van der Waals surface area (Å²) in [6.45, 7) is 5.66. The third kappa shape index (κ3) is 5.56. The van der Waals surface area contributed by atoms with Gasteiger partial charge in [-0.2, -0.15) is 5.10 Å². The van der Waals surface area contributed by atoms with E-state index in [4.69, 9.17) is 4.74 Å². The largest absolute Gasteiger partial charge is 0.494 e. The third-order valence-electron chi connectivity index (χ3n) is 7.26. The van der Waals surface area contributed by atoms with Gasteiger partial charge in [0.1, 0.15) is 17.9 Å². The SMILES string of the molecule is C=CC(=O)Nc1cc(Nc2cc(-c3ccc4cnn(C)c4c3)ncn2)c(OC)cc1N(C)C1CCCN(C)C1. The molecule has 10 nitrogen and oxygen atoms in total. The number of amides is 1. The van der Waals surface area contributed by atoms with E-state index in [1.807, 2.05) is 48.3 Å². The number of benzene rings is 2. The fourth-order valence-electron chi connectivity index (χ4n) is 5.09. The van der Waals surface area contributed by atoms with Gasteiger partial charge in [-0.05, 0) is 44.6 Å². The van der Waals surface area contributed by atoms with Crippen LogP contribution in [0.15, 0.2) is 61.6 Å². The summed E-state index contributed by atoms with van der Waals surface area (Å²) < 4.78 is 7.63. The third-order valence-corrected chi connectivity index (χ3v) is 7.26. The van der Waals surface area contributed by atoms with Crippen molar-refractivity contribution in [3.63, 3.8) is 0 Å². The van der Waals surface area contributed by atoms with Gasteiger partial charge in [-0.25, -0.2) is 9.97 Å². The second kappa shape index (κ2) is 11.1. The molecule has 1 saturated heterocycles. The molecule has 0 spiro atoms. The molecular weight excluding hydrogens is 492 g/mol. The molecule has 1 fully saturated rings. The van der Waals surface area contributed by atoms with Crippen LogP contribution in [0.2, 0.25) is 0 Å². The van der Waals surface area contributed by atoms with Crippen molar-refractivity contribution in [2.24, 2.45) is 7.05 Å². The molecule has 0 radical (unpaired) electrons. The maximum atomic E-state index is 12.4. The molecule has 2 N–H and O–H groups in total. The van der Waals surface area contributed by atoms with Crippen molar-refractivity contribution in [1.29, 1.82) is 0 Å². The van der Waals surface area contributed by atoms with Crippen molar-refractivity contribution >= 4 is 39.7 Å². The molecule has 2 aromatic carbocycles. The number of hydrogen-bond acceptors (Lipinski definition) is 8. The Hall–Kier alpha value is -4.44. The molecule has 0 bridgehead atoms. The molecule has 3 heterocycles. The number of likely N-dealkylation sites (N-methyl/N-ethyl adjacent to an activating group) is 2. The van der Waals surface area contributed by atoms with E-state index in [1.165, 1.54) is 12.4 Å². The fourth-order valence-corrected chi connectivity index (χ4v) is 5.09. The van der Waals surface area contributed by atoms with Crippen LogP contribution in [0.4, 0.5) is 22.9 Å². The second-order valence-corrected chi connectivity index (χ2v) is 9.89. The first-order chi connectivity index (χ1) is 18.9. The Morgan fingerprint density at radius 1 is 1.18 bits per heavy atom. The van der Waals surface area contributed by atoms with Crippen molar-refractivity contribution < 1.29 is 9.53 Å². The predicted molar refractivity (Wildman–Crippen MR) is 156 cm³/mol.